The molecular weight excluding hydrogens is 555 g/mol. The molecule has 0 bridgehead atoms. The molecule has 5 rings (SSSR count). The van der Waals surface area contributed by atoms with Gasteiger partial charge in [-0.1, -0.05) is 36.9 Å². The van der Waals surface area contributed by atoms with Crippen molar-refractivity contribution in [3.05, 3.63) is 65.1 Å². The number of rotatable bonds is 2. The Balaban J connectivity index is 0.00000114. The van der Waals surface area contributed by atoms with Crippen molar-refractivity contribution in [1.82, 2.24) is 0 Å². The topological polar surface area (TPSA) is 0 Å². The van der Waals surface area contributed by atoms with Gasteiger partial charge in [-0.3, -0.25) is 0 Å². The van der Waals surface area contributed by atoms with Gasteiger partial charge in [-0.2, -0.15) is 16.6 Å². The van der Waals surface area contributed by atoms with E-state index in [9.17, 15) is 0 Å². The number of benzene rings is 1. The summed E-state index contributed by atoms with van der Waals surface area (Å²) in [6.45, 7) is 16.4. The molecular formula is C25H28Cl2S2SiZr-. The first kappa shape index (κ1) is 27.4. The van der Waals surface area contributed by atoms with Gasteiger partial charge in [-0.05, 0) is 77.5 Å². The fourth-order valence-corrected chi connectivity index (χ4v) is 9.96. The predicted molar refractivity (Wildman–Crippen MR) is 143 cm³/mol. The summed E-state index contributed by atoms with van der Waals surface area (Å²) in [5.74, 6) is 0.410. The van der Waals surface area contributed by atoms with Crippen molar-refractivity contribution in [2.24, 2.45) is 0 Å². The first-order valence-corrected chi connectivity index (χ1v) is 14.2. The fraction of sp³-hybridized carbons (Fsp3) is 0.360. The quantitative estimate of drug-likeness (QED) is 0.315. The van der Waals surface area contributed by atoms with Crippen LogP contribution in [0.3, 0.4) is 0 Å². The number of aryl methyl sites for hydroxylation is 3. The summed E-state index contributed by atoms with van der Waals surface area (Å²) >= 11 is 4.00. The molecule has 0 fully saturated rings. The third kappa shape index (κ3) is 4.02. The van der Waals surface area contributed by atoms with E-state index in [1.807, 2.05) is 23.1 Å². The zero-order valence-corrected chi connectivity index (χ0v) is 25.7. The molecule has 0 saturated carbocycles. The van der Waals surface area contributed by atoms with E-state index in [2.05, 4.69) is 72.0 Å². The minimum atomic E-state index is -0.509. The van der Waals surface area contributed by atoms with Gasteiger partial charge in [-0.15, -0.1) is 51.9 Å². The average molecular weight is 583 g/mol. The molecule has 0 saturated heterocycles. The summed E-state index contributed by atoms with van der Waals surface area (Å²) < 4.78 is 1.41. The van der Waals surface area contributed by atoms with E-state index in [0.717, 1.165) is 0 Å². The molecule has 2 aliphatic carbocycles. The summed E-state index contributed by atoms with van der Waals surface area (Å²) in [6, 6.07) is 4.59. The van der Waals surface area contributed by atoms with Gasteiger partial charge in [0.2, 0.25) is 0 Å². The van der Waals surface area contributed by atoms with Crippen molar-refractivity contribution in [1.29, 1.82) is 0 Å². The summed E-state index contributed by atoms with van der Waals surface area (Å²) in [6.07, 6.45) is 6.30. The Kier molecular flexibility index (Phi) is 8.67. The van der Waals surface area contributed by atoms with Crippen LogP contribution in [0.4, 0.5) is 0 Å². The van der Waals surface area contributed by atoms with Crippen LogP contribution in [0.25, 0.3) is 17.7 Å². The fourth-order valence-electron chi connectivity index (χ4n) is 5.32. The first-order valence-electron chi connectivity index (χ1n) is 10.0. The maximum Gasteiger partial charge on any atom is 0.0592 e. The molecule has 1 aromatic heterocycles. The number of thioether (sulfide) groups is 1. The minimum absolute atomic E-state index is 0. The minimum Gasteiger partial charge on any atom is -0.240 e. The molecule has 0 spiro atoms. The summed E-state index contributed by atoms with van der Waals surface area (Å²) in [5.41, 5.74) is 10.5. The van der Waals surface area contributed by atoms with Gasteiger partial charge in [0.25, 0.3) is 0 Å². The Morgan fingerprint density at radius 1 is 0.935 bits per heavy atom. The van der Waals surface area contributed by atoms with E-state index in [1.165, 1.54) is 36.6 Å². The number of fused-ring (bicyclic) bond motifs is 3. The van der Waals surface area contributed by atoms with E-state index in [1.54, 1.807) is 27.1 Å². The molecule has 6 heteroatoms. The van der Waals surface area contributed by atoms with Crippen molar-refractivity contribution in [3.8, 4) is 0 Å². The molecule has 1 aromatic carbocycles. The van der Waals surface area contributed by atoms with Crippen molar-refractivity contribution >= 4 is 79.6 Å². The van der Waals surface area contributed by atoms with Crippen LogP contribution in [-0.4, -0.2) is 14.0 Å². The van der Waals surface area contributed by atoms with Crippen LogP contribution in [0, 0.1) is 20.8 Å². The van der Waals surface area contributed by atoms with Crippen LogP contribution < -0.4 is 14.9 Å². The van der Waals surface area contributed by atoms with Gasteiger partial charge < -0.3 is 0 Å². The van der Waals surface area contributed by atoms with Gasteiger partial charge in [0.05, 0.1) is 8.80 Å². The van der Waals surface area contributed by atoms with Gasteiger partial charge in [0, 0.05) is 32.1 Å². The Morgan fingerprint density at radius 3 is 2.23 bits per heavy atom. The Labute approximate surface area is 227 Å². The standard InChI is InChI=1S/C25H26S2Si.2ClH.Zr/c1-12-8-9-13(2)20-17(12)10-14(3)21(20)22-15(4)26-18-11-19-24(23(18)22)25(28(6)7)16(5)27-19;;;/h8-10,18,21H,1-7H3;2*1H;/q-1;;;. The second-order valence-electron chi connectivity index (χ2n) is 8.61. The summed E-state index contributed by atoms with van der Waals surface area (Å²) in [4.78, 5) is 3.02. The van der Waals surface area contributed by atoms with Crippen LogP contribution in [0.2, 0.25) is 13.1 Å². The second kappa shape index (κ2) is 9.80. The molecule has 0 nitrogen and oxygen atoms in total. The van der Waals surface area contributed by atoms with E-state index in [-0.39, 0.29) is 51.0 Å². The summed E-state index contributed by atoms with van der Waals surface area (Å²) in [7, 11) is -0.509. The van der Waals surface area contributed by atoms with Crippen molar-refractivity contribution in [2.45, 2.75) is 58.9 Å². The van der Waals surface area contributed by atoms with Crippen molar-refractivity contribution in [2.75, 3.05) is 0 Å². The molecule has 2 aromatic rings. The van der Waals surface area contributed by atoms with Gasteiger partial charge in [0.1, 0.15) is 0 Å². The SMILES string of the molecule is CC1=Cc2c(C)ccc(C)c2C1C1=C(C)SC2[C-]=c3sc(C)c([Si](C)C)c3=C12.Cl.Cl.[Zr]. The van der Waals surface area contributed by atoms with E-state index < -0.39 is 8.80 Å². The number of hydrogen-bond acceptors (Lipinski definition) is 2. The molecule has 3 aliphatic rings. The third-order valence-electron chi connectivity index (χ3n) is 6.47. The maximum absolute atomic E-state index is 3.86. The molecule has 2 heterocycles. The summed E-state index contributed by atoms with van der Waals surface area (Å²) in [5, 5.41) is 3.62. The molecule has 0 N–H and O–H groups in total. The first-order chi connectivity index (χ1) is 13.3. The second-order valence-corrected chi connectivity index (χ2v) is 13.7. The van der Waals surface area contributed by atoms with Crippen LogP contribution >= 0.6 is 47.9 Å². The van der Waals surface area contributed by atoms with Gasteiger partial charge in [0.15, 0.2) is 0 Å². The van der Waals surface area contributed by atoms with Crippen molar-refractivity contribution in [3.63, 3.8) is 0 Å². The van der Waals surface area contributed by atoms with Gasteiger partial charge >= 0.3 is 0 Å². The van der Waals surface area contributed by atoms with Crippen LogP contribution in [-0.2, 0) is 26.2 Å². The Bertz CT molecular complexity index is 1240. The largest absolute Gasteiger partial charge is 0.240 e. The molecule has 0 amide bonds. The zero-order chi connectivity index (χ0) is 19.9. The van der Waals surface area contributed by atoms with Crippen LogP contribution in [0.15, 0.2) is 28.2 Å². The maximum atomic E-state index is 3.86. The number of halogens is 2. The smallest absolute Gasteiger partial charge is 0.0592 e. The Morgan fingerprint density at radius 2 is 1.58 bits per heavy atom. The monoisotopic (exact) mass is 580 g/mol. The van der Waals surface area contributed by atoms with Crippen LogP contribution in [0.1, 0.15) is 46.9 Å². The molecule has 1 radical (unpaired) electrons. The molecule has 2 atom stereocenters. The number of allylic oxidation sites excluding steroid dienone is 3. The van der Waals surface area contributed by atoms with Gasteiger partial charge in [-0.25, -0.2) is 6.08 Å². The molecule has 1 aliphatic heterocycles. The predicted octanol–water partition coefficient (Wildman–Crippen LogP) is 5.89. The van der Waals surface area contributed by atoms with E-state index in [4.69, 9.17) is 0 Å². The van der Waals surface area contributed by atoms with Crippen molar-refractivity contribution < 1.29 is 26.2 Å². The number of thiophene rings is 1. The third-order valence-corrected chi connectivity index (χ3v) is 10.5. The number of hydrogen-bond donors (Lipinski definition) is 0. The molecule has 163 valence electrons. The van der Waals surface area contributed by atoms with E-state index in [0.29, 0.717) is 11.2 Å². The average Bonchev–Trinajstić information content (AvgIpc) is 3.29. The Hall–Kier alpha value is 0.170. The van der Waals surface area contributed by atoms with E-state index >= 15 is 0 Å². The molecule has 31 heavy (non-hydrogen) atoms. The zero-order valence-electron chi connectivity index (χ0n) is 19.0. The van der Waals surface area contributed by atoms with Crippen LogP contribution in [0.5, 0.6) is 0 Å². The normalized spacial score (nSPS) is 20.4. The molecule has 2 unspecified atom stereocenters.